The van der Waals surface area contributed by atoms with E-state index < -0.39 is 0 Å². The van der Waals surface area contributed by atoms with Crippen molar-refractivity contribution in [3.05, 3.63) is 107 Å². The van der Waals surface area contributed by atoms with Crippen LogP contribution >= 0.6 is 12.2 Å². The summed E-state index contributed by atoms with van der Waals surface area (Å²) in [4.78, 5) is 24.4. The molecule has 0 radical (unpaired) electrons. The van der Waals surface area contributed by atoms with Gasteiger partial charge in [-0.15, -0.1) is 0 Å². The molecule has 194 valence electrons. The van der Waals surface area contributed by atoms with Gasteiger partial charge in [-0.25, -0.2) is 4.98 Å². The Bertz CT molecular complexity index is 1470. The van der Waals surface area contributed by atoms with Gasteiger partial charge in [-0.1, -0.05) is 24.3 Å². The molecule has 4 heterocycles. The first-order chi connectivity index (χ1) is 18.3. The van der Waals surface area contributed by atoms with Gasteiger partial charge in [0.25, 0.3) is 0 Å². The minimum Gasteiger partial charge on any atom is -0.352 e. The molecule has 8 heteroatoms. The summed E-state index contributed by atoms with van der Waals surface area (Å²) in [6, 6.07) is 19.8. The number of nitrogens with one attached hydrogen (secondary N) is 2. The van der Waals surface area contributed by atoms with Gasteiger partial charge in [-0.3, -0.25) is 9.78 Å². The highest BCUT2D eigenvalue weighted by molar-refractivity contribution is 7.80. The first-order valence-corrected chi connectivity index (χ1v) is 13.2. The fourth-order valence-corrected chi connectivity index (χ4v) is 5.55. The van der Waals surface area contributed by atoms with E-state index in [1.807, 2.05) is 68.4 Å². The summed E-state index contributed by atoms with van der Waals surface area (Å²) < 4.78 is 2.16. The van der Waals surface area contributed by atoms with Crippen LogP contribution in [-0.2, 0) is 4.79 Å². The van der Waals surface area contributed by atoms with Crippen LogP contribution in [0, 0.1) is 27.7 Å². The number of rotatable bonds is 7. The van der Waals surface area contributed by atoms with E-state index in [0.717, 1.165) is 45.3 Å². The number of thiocarbonyl (C=S) groups is 1. The van der Waals surface area contributed by atoms with E-state index in [9.17, 15) is 4.79 Å². The van der Waals surface area contributed by atoms with Gasteiger partial charge in [0.1, 0.15) is 5.82 Å². The highest BCUT2D eigenvalue weighted by Gasteiger charge is 2.41. The Labute approximate surface area is 228 Å². The van der Waals surface area contributed by atoms with Crippen LogP contribution in [-0.4, -0.2) is 37.0 Å². The molecule has 3 aromatic heterocycles. The first-order valence-electron chi connectivity index (χ1n) is 12.8. The number of carbonyl (C=O) groups is 1. The number of pyridine rings is 2. The largest absolute Gasteiger partial charge is 0.352 e. The predicted octanol–water partition coefficient (Wildman–Crippen LogP) is 5.50. The van der Waals surface area contributed by atoms with Crippen molar-refractivity contribution in [1.82, 2.24) is 24.8 Å². The maximum absolute atomic E-state index is 13.0. The molecular formula is C30H32N6OS. The van der Waals surface area contributed by atoms with E-state index in [0.29, 0.717) is 18.1 Å². The fourth-order valence-electron chi connectivity index (χ4n) is 5.22. The van der Waals surface area contributed by atoms with E-state index in [1.54, 1.807) is 12.4 Å². The van der Waals surface area contributed by atoms with Crippen LogP contribution in [0.15, 0.2) is 73.1 Å². The molecule has 1 aromatic carbocycles. The molecule has 0 unspecified atom stereocenters. The van der Waals surface area contributed by atoms with Crippen LogP contribution in [0.5, 0.6) is 0 Å². The molecule has 38 heavy (non-hydrogen) atoms. The topological polar surface area (TPSA) is 75.1 Å². The molecule has 1 fully saturated rings. The van der Waals surface area contributed by atoms with Crippen molar-refractivity contribution < 1.29 is 4.79 Å². The second-order valence-electron chi connectivity index (χ2n) is 9.79. The molecule has 0 spiro atoms. The lowest BCUT2D eigenvalue weighted by molar-refractivity contribution is -0.116. The van der Waals surface area contributed by atoms with Crippen molar-refractivity contribution >= 4 is 28.9 Å². The zero-order valence-electron chi connectivity index (χ0n) is 22.1. The van der Waals surface area contributed by atoms with Gasteiger partial charge >= 0.3 is 0 Å². The zero-order valence-corrected chi connectivity index (χ0v) is 22.9. The molecule has 1 amide bonds. The molecule has 2 atom stereocenters. The molecule has 5 rings (SSSR count). The minimum absolute atomic E-state index is 0.0412. The van der Waals surface area contributed by atoms with Gasteiger partial charge in [0, 0.05) is 42.4 Å². The molecule has 1 saturated heterocycles. The van der Waals surface area contributed by atoms with E-state index in [4.69, 9.17) is 12.2 Å². The smallest absolute Gasteiger partial charge is 0.226 e. The quantitative estimate of drug-likeness (QED) is 0.311. The predicted molar refractivity (Wildman–Crippen MR) is 154 cm³/mol. The van der Waals surface area contributed by atoms with Gasteiger partial charge in [0.2, 0.25) is 5.91 Å². The van der Waals surface area contributed by atoms with Crippen LogP contribution < -0.4 is 10.6 Å². The number of aromatic nitrogens is 3. The van der Waals surface area contributed by atoms with Crippen molar-refractivity contribution in [2.75, 3.05) is 11.9 Å². The Kier molecular flexibility index (Phi) is 7.24. The molecule has 1 aliphatic rings. The normalized spacial score (nSPS) is 16.9. The zero-order chi connectivity index (χ0) is 26.8. The standard InChI is InChI=1S/C30H32N6OS/c1-19-11-12-20(2)25(17-19)33-27(37)13-16-35-29(28(34-30(35)38)24-9-5-7-14-31-24)23-18-21(3)36(22(23)4)26-10-6-8-15-32-26/h5-12,14-15,17-18,28-29H,13,16H2,1-4H3,(H,33,37)(H,34,38)/t28-,29-/m0/s1. The van der Waals surface area contributed by atoms with E-state index in [1.165, 1.54) is 0 Å². The summed E-state index contributed by atoms with van der Waals surface area (Å²) in [5.41, 5.74) is 7.20. The summed E-state index contributed by atoms with van der Waals surface area (Å²) in [5.74, 6) is 0.830. The average Bonchev–Trinajstić information content (AvgIpc) is 3.40. The van der Waals surface area contributed by atoms with Crippen LogP contribution in [0.1, 0.15) is 52.3 Å². The lowest BCUT2D eigenvalue weighted by atomic mass is 9.96. The second-order valence-corrected chi connectivity index (χ2v) is 10.2. The Balaban J connectivity index is 1.46. The molecule has 7 nitrogen and oxygen atoms in total. The Morgan fingerprint density at radius 2 is 1.76 bits per heavy atom. The van der Waals surface area contributed by atoms with Crippen molar-refractivity contribution in [3.63, 3.8) is 0 Å². The SMILES string of the molecule is Cc1ccc(C)c(NC(=O)CCN2C(=S)N[C@@H](c3ccccn3)[C@@H]2c2cc(C)n(-c3ccccn3)c2C)c1. The number of carbonyl (C=O) groups excluding carboxylic acids is 1. The van der Waals surface area contributed by atoms with Crippen LogP contribution in [0.4, 0.5) is 5.69 Å². The summed E-state index contributed by atoms with van der Waals surface area (Å²) in [6.45, 7) is 8.69. The molecule has 0 bridgehead atoms. The Morgan fingerprint density at radius 3 is 2.47 bits per heavy atom. The molecular weight excluding hydrogens is 492 g/mol. The number of benzene rings is 1. The van der Waals surface area contributed by atoms with Gasteiger partial charge in [-0.2, -0.15) is 0 Å². The average molecular weight is 525 g/mol. The van der Waals surface area contributed by atoms with Gasteiger partial charge < -0.3 is 20.1 Å². The minimum atomic E-state index is -0.150. The van der Waals surface area contributed by atoms with Crippen molar-refractivity contribution in [3.8, 4) is 5.82 Å². The van der Waals surface area contributed by atoms with Crippen LogP contribution in [0.3, 0.4) is 0 Å². The molecule has 4 aromatic rings. The highest BCUT2D eigenvalue weighted by Crippen LogP contribution is 2.41. The van der Waals surface area contributed by atoms with Gasteiger partial charge in [0.15, 0.2) is 5.11 Å². The first kappa shape index (κ1) is 25.6. The van der Waals surface area contributed by atoms with Crippen LogP contribution in [0.2, 0.25) is 0 Å². The maximum atomic E-state index is 13.0. The van der Waals surface area contributed by atoms with Gasteiger partial charge in [0.05, 0.1) is 17.8 Å². The Morgan fingerprint density at radius 1 is 1.00 bits per heavy atom. The third-order valence-electron chi connectivity index (χ3n) is 7.11. The second kappa shape index (κ2) is 10.8. The summed E-state index contributed by atoms with van der Waals surface area (Å²) in [6.07, 6.45) is 3.91. The van der Waals surface area contributed by atoms with Crippen molar-refractivity contribution in [2.24, 2.45) is 0 Å². The summed E-state index contributed by atoms with van der Waals surface area (Å²) >= 11 is 5.83. The van der Waals surface area contributed by atoms with E-state index in [2.05, 4.69) is 50.0 Å². The van der Waals surface area contributed by atoms with E-state index >= 15 is 0 Å². The lowest BCUT2D eigenvalue weighted by Crippen LogP contribution is -2.33. The maximum Gasteiger partial charge on any atom is 0.226 e. The molecule has 0 aliphatic carbocycles. The summed E-state index contributed by atoms with van der Waals surface area (Å²) in [7, 11) is 0. The van der Waals surface area contributed by atoms with E-state index in [-0.39, 0.29) is 18.0 Å². The molecule has 2 N–H and O–H groups in total. The number of aryl methyl sites for hydroxylation is 3. The lowest BCUT2D eigenvalue weighted by Gasteiger charge is -2.28. The molecule has 0 saturated carbocycles. The molecule has 1 aliphatic heterocycles. The number of amides is 1. The number of anilines is 1. The van der Waals surface area contributed by atoms with Gasteiger partial charge in [-0.05, 0) is 93.0 Å². The Hall–Kier alpha value is -4.04. The summed E-state index contributed by atoms with van der Waals surface area (Å²) in [5, 5.41) is 7.19. The monoisotopic (exact) mass is 524 g/mol. The third kappa shape index (κ3) is 5.04. The third-order valence-corrected chi connectivity index (χ3v) is 7.46. The number of nitrogens with zero attached hydrogens (tertiary/aromatic N) is 4. The van der Waals surface area contributed by atoms with Crippen LogP contribution in [0.25, 0.3) is 5.82 Å². The highest BCUT2D eigenvalue weighted by atomic mass is 32.1. The van der Waals surface area contributed by atoms with Crippen molar-refractivity contribution in [2.45, 2.75) is 46.2 Å². The number of hydrogen-bond donors (Lipinski definition) is 2. The van der Waals surface area contributed by atoms with Crippen molar-refractivity contribution in [1.29, 1.82) is 0 Å². The number of hydrogen-bond acceptors (Lipinski definition) is 4. The fraction of sp³-hybridized carbons (Fsp3) is 0.267.